The van der Waals surface area contributed by atoms with Crippen LogP contribution in [0, 0.1) is 0 Å². The summed E-state index contributed by atoms with van der Waals surface area (Å²) in [5, 5.41) is 11.4. The van der Waals surface area contributed by atoms with E-state index < -0.39 is 33.5 Å². The fourth-order valence-electron chi connectivity index (χ4n) is 3.16. The fraction of sp³-hybridized carbons (Fsp3) is 0. The Morgan fingerprint density at radius 3 is 2.06 bits per heavy atom. The summed E-state index contributed by atoms with van der Waals surface area (Å²) in [6, 6.07) is 11.9. The molecule has 1 aliphatic rings. The van der Waals surface area contributed by atoms with E-state index in [4.69, 9.17) is 39.0 Å². The molecule has 36 heavy (non-hydrogen) atoms. The summed E-state index contributed by atoms with van der Waals surface area (Å²) in [5.41, 5.74) is -0.155. The van der Waals surface area contributed by atoms with Crippen molar-refractivity contribution in [3.8, 4) is 11.5 Å². The zero-order valence-electron chi connectivity index (χ0n) is 17.7. The normalized spacial score (nSPS) is 15.2. The molecule has 0 spiro atoms. The number of carbonyl (C=O) groups excluding carboxylic acids is 3. The summed E-state index contributed by atoms with van der Waals surface area (Å²) < 4.78 is 30.3. The van der Waals surface area contributed by atoms with Crippen LogP contribution in [-0.4, -0.2) is 31.4 Å². The first kappa shape index (κ1) is 25.5. The maximum absolute atomic E-state index is 13.0. The van der Waals surface area contributed by atoms with Crippen molar-refractivity contribution in [1.82, 2.24) is 5.32 Å². The highest BCUT2D eigenvalue weighted by atomic mass is 35.5. The van der Waals surface area contributed by atoms with E-state index in [-0.39, 0.29) is 37.7 Å². The van der Waals surface area contributed by atoms with E-state index >= 15 is 0 Å². The van der Waals surface area contributed by atoms with E-state index in [1.54, 1.807) is 0 Å². The van der Waals surface area contributed by atoms with Crippen molar-refractivity contribution in [3.05, 3.63) is 86.9 Å². The summed E-state index contributed by atoms with van der Waals surface area (Å²) in [5.74, 6) is -2.35. The molecule has 13 heteroatoms. The van der Waals surface area contributed by atoms with Crippen LogP contribution in [0.3, 0.4) is 0 Å². The molecule has 0 bridgehead atoms. The molecule has 2 N–H and O–H groups in total. The van der Waals surface area contributed by atoms with Gasteiger partial charge in [0.25, 0.3) is 11.8 Å². The van der Waals surface area contributed by atoms with Gasteiger partial charge in [0.05, 0.1) is 15.7 Å². The quantitative estimate of drug-likeness (QED) is 0.258. The Labute approximate surface area is 219 Å². The second kappa shape index (κ2) is 9.82. The summed E-state index contributed by atoms with van der Waals surface area (Å²) in [6.45, 7) is 0. The first-order valence-corrected chi connectivity index (χ1v) is 12.4. The van der Waals surface area contributed by atoms with Crippen molar-refractivity contribution in [2.24, 2.45) is 0 Å². The second-order valence-corrected chi connectivity index (χ2v) is 10.1. The first-order chi connectivity index (χ1) is 17.0. The Balaban J connectivity index is 1.66. The number of nitrogens with one attached hydrogen (secondary N) is 1. The molecule has 0 aliphatic carbocycles. The van der Waals surface area contributed by atoms with Crippen molar-refractivity contribution >= 4 is 74.5 Å². The third-order valence-corrected chi connectivity index (χ3v) is 6.89. The van der Waals surface area contributed by atoms with Gasteiger partial charge in [-0.3, -0.25) is 14.9 Å². The molecule has 0 radical (unpaired) electrons. The van der Waals surface area contributed by atoms with Crippen molar-refractivity contribution in [2.75, 3.05) is 4.90 Å². The fourth-order valence-corrected chi connectivity index (χ4v) is 4.93. The SMILES string of the molecule is O=C1NC(=O)N(c2ccc(O)cc2)C(=O)/C1=C/c1cc(Cl)c(OS(=O)(=O)c2ccc(Cl)cc2)c(Cl)c1. The van der Waals surface area contributed by atoms with Crippen molar-refractivity contribution < 1.29 is 32.1 Å². The van der Waals surface area contributed by atoms with Gasteiger partial charge in [-0.25, -0.2) is 9.69 Å². The zero-order chi connectivity index (χ0) is 26.2. The smallest absolute Gasteiger partial charge is 0.339 e. The molecular formula is C23H13Cl3N2O7S. The highest BCUT2D eigenvalue weighted by molar-refractivity contribution is 7.87. The van der Waals surface area contributed by atoms with E-state index in [9.17, 15) is 27.9 Å². The number of imide groups is 2. The molecule has 9 nitrogen and oxygen atoms in total. The van der Waals surface area contributed by atoms with E-state index in [0.717, 1.165) is 6.08 Å². The maximum atomic E-state index is 13.0. The predicted molar refractivity (Wildman–Crippen MR) is 133 cm³/mol. The first-order valence-electron chi connectivity index (χ1n) is 9.86. The molecule has 1 aliphatic heterocycles. The van der Waals surface area contributed by atoms with Crippen LogP contribution < -0.4 is 14.4 Å². The standard InChI is InChI=1S/C23H13Cl3N2O7S/c24-13-1-7-16(8-2-13)36(33,34)35-20-18(25)10-12(11-19(20)26)9-17-21(30)27-23(32)28(22(17)31)14-3-5-15(29)6-4-14/h1-11,29H,(H,27,30,32)/b17-9+. The third kappa shape index (κ3) is 5.17. The van der Waals surface area contributed by atoms with Gasteiger partial charge < -0.3 is 9.29 Å². The van der Waals surface area contributed by atoms with Gasteiger partial charge in [0, 0.05) is 5.02 Å². The molecule has 0 aromatic heterocycles. The average molecular weight is 568 g/mol. The minimum absolute atomic E-state index is 0.0832. The summed E-state index contributed by atoms with van der Waals surface area (Å²) in [7, 11) is -4.30. The van der Waals surface area contributed by atoms with Crippen LogP contribution in [0.5, 0.6) is 11.5 Å². The number of phenolic OH excluding ortho intramolecular Hbond substituents is 1. The lowest BCUT2D eigenvalue weighted by molar-refractivity contribution is -0.122. The minimum Gasteiger partial charge on any atom is -0.508 e. The summed E-state index contributed by atoms with van der Waals surface area (Å²) in [4.78, 5) is 38.2. The summed E-state index contributed by atoms with van der Waals surface area (Å²) >= 11 is 18.2. The predicted octanol–water partition coefficient (Wildman–Crippen LogP) is 4.79. The summed E-state index contributed by atoms with van der Waals surface area (Å²) in [6.07, 6.45) is 1.13. The number of halogens is 3. The monoisotopic (exact) mass is 566 g/mol. The lowest BCUT2D eigenvalue weighted by Gasteiger charge is -2.26. The lowest BCUT2D eigenvalue weighted by Crippen LogP contribution is -2.54. The highest BCUT2D eigenvalue weighted by Crippen LogP contribution is 2.37. The number of hydrogen-bond donors (Lipinski definition) is 2. The van der Waals surface area contributed by atoms with Crippen LogP contribution in [0.25, 0.3) is 6.08 Å². The van der Waals surface area contributed by atoms with E-state index in [1.165, 1.54) is 60.7 Å². The molecule has 0 saturated carbocycles. The van der Waals surface area contributed by atoms with Crippen molar-refractivity contribution in [3.63, 3.8) is 0 Å². The molecule has 1 fully saturated rings. The van der Waals surface area contributed by atoms with Gasteiger partial charge in [0.15, 0.2) is 5.75 Å². The van der Waals surface area contributed by atoms with Gasteiger partial charge in [0.1, 0.15) is 16.2 Å². The number of anilines is 1. The largest absolute Gasteiger partial charge is 0.508 e. The van der Waals surface area contributed by atoms with Crippen molar-refractivity contribution in [1.29, 1.82) is 0 Å². The van der Waals surface area contributed by atoms with E-state index in [1.807, 2.05) is 0 Å². The zero-order valence-corrected chi connectivity index (χ0v) is 20.8. The van der Waals surface area contributed by atoms with Gasteiger partial charge in [-0.2, -0.15) is 8.42 Å². The molecule has 3 aromatic rings. The Hall–Kier alpha value is -3.57. The van der Waals surface area contributed by atoms with Gasteiger partial charge in [0.2, 0.25) is 0 Å². The number of barbiturate groups is 1. The van der Waals surface area contributed by atoms with Crippen LogP contribution in [0.4, 0.5) is 10.5 Å². The Morgan fingerprint density at radius 1 is 0.889 bits per heavy atom. The van der Waals surface area contributed by atoms with Gasteiger partial charge in [-0.15, -0.1) is 0 Å². The number of urea groups is 1. The van der Waals surface area contributed by atoms with Crippen LogP contribution in [-0.2, 0) is 19.7 Å². The Morgan fingerprint density at radius 2 is 1.47 bits per heavy atom. The molecule has 1 heterocycles. The van der Waals surface area contributed by atoms with Crippen LogP contribution in [0.15, 0.2) is 71.1 Å². The number of rotatable bonds is 5. The van der Waals surface area contributed by atoms with Crippen LogP contribution in [0.2, 0.25) is 15.1 Å². The Bertz CT molecular complexity index is 1510. The minimum atomic E-state index is -4.30. The third-order valence-electron chi connectivity index (χ3n) is 4.84. The highest BCUT2D eigenvalue weighted by Gasteiger charge is 2.37. The molecule has 4 amide bonds. The number of nitrogens with zero attached hydrogens (tertiary/aromatic N) is 1. The Kier molecular flexibility index (Phi) is 6.96. The lowest BCUT2D eigenvalue weighted by atomic mass is 10.1. The maximum Gasteiger partial charge on any atom is 0.339 e. The van der Waals surface area contributed by atoms with Gasteiger partial charge in [-0.05, 0) is 72.3 Å². The van der Waals surface area contributed by atoms with E-state index in [2.05, 4.69) is 5.32 Å². The van der Waals surface area contributed by atoms with Gasteiger partial charge in [-0.1, -0.05) is 34.8 Å². The molecule has 3 aromatic carbocycles. The number of phenols is 1. The second-order valence-electron chi connectivity index (χ2n) is 7.28. The van der Waals surface area contributed by atoms with E-state index in [0.29, 0.717) is 9.92 Å². The molecular weight excluding hydrogens is 555 g/mol. The molecule has 1 saturated heterocycles. The number of aromatic hydroxyl groups is 1. The molecule has 0 unspecified atom stereocenters. The van der Waals surface area contributed by atoms with Crippen LogP contribution in [0.1, 0.15) is 5.56 Å². The number of hydrogen-bond acceptors (Lipinski definition) is 7. The average Bonchev–Trinajstić information content (AvgIpc) is 2.80. The van der Waals surface area contributed by atoms with Crippen molar-refractivity contribution in [2.45, 2.75) is 4.90 Å². The molecule has 0 atom stereocenters. The number of carbonyl (C=O) groups is 3. The molecule has 4 rings (SSSR count). The van der Waals surface area contributed by atoms with Gasteiger partial charge >= 0.3 is 16.1 Å². The molecule has 184 valence electrons. The topological polar surface area (TPSA) is 130 Å². The number of amides is 4. The number of benzene rings is 3. The van der Waals surface area contributed by atoms with Crippen LogP contribution >= 0.6 is 34.8 Å².